The van der Waals surface area contributed by atoms with Crippen molar-refractivity contribution in [3.63, 3.8) is 0 Å². The van der Waals surface area contributed by atoms with Crippen molar-refractivity contribution in [1.29, 1.82) is 0 Å². The van der Waals surface area contributed by atoms with E-state index in [0.717, 1.165) is 19.4 Å². The van der Waals surface area contributed by atoms with Gasteiger partial charge in [0, 0.05) is 19.6 Å². The van der Waals surface area contributed by atoms with Crippen LogP contribution in [0.25, 0.3) is 0 Å². The molecule has 0 heterocycles. The summed E-state index contributed by atoms with van der Waals surface area (Å²) in [4.78, 5) is 0. The topological polar surface area (TPSA) is 21.3 Å². The predicted molar refractivity (Wildman–Crippen MR) is 63.7 cm³/mol. The third-order valence-corrected chi connectivity index (χ3v) is 3.14. The SMILES string of the molecule is C#CCCCCNC1CCCC(OC)C1. The van der Waals surface area contributed by atoms with Crippen molar-refractivity contribution in [3.05, 3.63) is 0 Å². The van der Waals surface area contributed by atoms with Crippen molar-refractivity contribution in [2.75, 3.05) is 13.7 Å². The average molecular weight is 209 g/mol. The molecule has 1 saturated carbocycles. The molecule has 1 N–H and O–H groups in total. The molecule has 0 aliphatic heterocycles. The summed E-state index contributed by atoms with van der Waals surface area (Å²) in [5, 5.41) is 3.60. The van der Waals surface area contributed by atoms with E-state index in [0.29, 0.717) is 12.1 Å². The summed E-state index contributed by atoms with van der Waals surface area (Å²) in [7, 11) is 1.82. The number of terminal acetylenes is 1. The first kappa shape index (κ1) is 12.5. The van der Waals surface area contributed by atoms with E-state index in [2.05, 4.69) is 11.2 Å². The second-order valence-electron chi connectivity index (χ2n) is 4.34. The highest BCUT2D eigenvalue weighted by Gasteiger charge is 2.20. The van der Waals surface area contributed by atoms with Gasteiger partial charge in [0.15, 0.2) is 0 Å². The fraction of sp³-hybridized carbons (Fsp3) is 0.846. The largest absolute Gasteiger partial charge is 0.381 e. The van der Waals surface area contributed by atoms with Gasteiger partial charge in [0.05, 0.1) is 6.10 Å². The number of nitrogens with one attached hydrogen (secondary N) is 1. The molecule has 2 unspecified atom stereocenters. The molecule has 0 bridgehead atoms. The Hall–Kier alpha value is -0.520. The molecule has 0 radical (unpaired) electrons. The highest BCUT2D eigenvalue weighted by Crippen LogP contribution is 2.20. The molecule has 0 aromatic rings. The third-order valence-electron chi connectivity index (χ3n) is 3.14. The number of rotatable bonds is 6. The van der Waals surface area contributed by atoms with Gasteiger partial charge in [-0.25, -0.2) is 0 Å². The van der Waals surface area contributed by atoms with Crippen molar-refractivity contribution in [1.82, 2.24) is 5.32 Å². The van der Waals surface area contributed by atoms with Crippen LogP contribution in [0.3, 0.4) is 0 Å². The van der Waals surface area contributed by atoms with Gasteiger partial charge in [0.1, 0.15) is 0 Å². The Labute approximate surface area is 93.8 Å². The molecule has 2 atom stereocenters. The lowest BCUT2D eigenvalue weighted by molar-refractivity contribution is 0.0589. The van der Waals surface area contributed by atoms with Crippen LogP contribution in [-0.2, 0) is 4.74 Å². The van der Waals surface area contributed by atoms with Gasteiger partial charge in [0.25, 0.3) is 0 Å². The van der Waals surface area contributed by atoms with Crippen LogP contribution in [0.4, 0.5) is 0 Å². The number of hydrogen-bond donors (Lipinski definition) is 1. The van der Waals surface area contributed by atoms with Crippen LogP contribution in [0.15, 0.2) is 0 Å². The minimum absolute atomic E-state index is 0.474. The maximum atomic E-state index is 5.40. The van der Waals surface area contributed by atoms with Crippen molar-refractivity contribution in [3.8, 4) is 12.3 Å². The van der Waals surface area contributed by atoms with E-state index < -0.39 is 0 Å². The maximum Gasteiger partial charge on any atom is 0.0586 e. The Balaban J connectivity index is 2.03. The van der Waals surface area contributed by atoms with Gasteiger partial charge in [-0.1, -0.05) is 0 Å². The standard InChI is InChI=1S/C13H23NO/c1-3-4-5-6-10-14-12-8-7-9-13(11-12)15-2/h1,12-14H,4-11H2,2H3. The highest BCUT2D eigenvalue weighted by molar-refractivity contribution is 4.83. The molecule has 1 aliphatic carbocycles. The lowest BCUT2D eigenvalue weighted by Gasteiger charge is -2.28. The molecule has 15 heavy (non-hydrogen) atoms. The average Bonchev–Trinajstić information content (AvgIpc) is 2.29. The quantitative estimate of drug-likeness (QED) is 0.535. The van der Waals surface area contributed by atoms with Gasteiger partial charge in [-0.2, -0.15) is 0 Å². The van der Waals surface area contributed by atoms with Crippen molar-refractivity contribution < 1.29 is 4.74 Å². The predicted octanol–water partition coefficient (Wildman–Crippen LogP) is 2.34. The van der Waals surface area contributed by atoms with E-state index in [1.807, 2.05) is 7.11 Å². The number of ether oxygens (including phenoxy) is 1. The molecule has 0 saturated heterocycles. The molecular formula is C13H23NO. The Kier molecular flexibility index (Phi) is 6.47. The third kappa shape index (κ3) is 5.20. The molecule has 0 spiro atoms. The first-order valence-corrected chi connectivity index (χ1v) is 6.06. The molecule has 2 nitrogen and oxygen atoms in total. The van der Waals surface area contributed by atoms with Gasteiger partial charge in [-0.3, -0.25) is 0 Å². The van der Waals surface area contributed by atoms with Gasteiger partial charge in [-0.05, 0) is 45.1 Å². The Bertz CT molecular complexity index is 197. The maximum absolute atomic E-state index is 5.40. The summed E-state index contributed by atoms with van der Waals surface area (Å²) < 4.78 is 5.40. The Morgan fingerprint density at radius 3 is 3.00 bits per heavy atom. The normalized spacial score (nSPS) is 26.1. The van der Waals surface area contributed by atoms with Crippen LogP contribution < -0.4 is 5.32 Å². The molecule has 1 aliphatic rings. The lowest BCUT2D eigenvalue weighted by atomic mass is 9.93. The molecule has 1 rings (SSSR count). The Morgan fingerprint density at radius 2 is 2.27 bits per heavy atom. The molecule has 1 fully saturated rings. The van der Waals surface area contributed by atoms with E-state index in [1.165, 1.54) is 32.1 Å². The molecule has 0 amide bonds. The van der Waals surface area contributed by atoms with Crippen LogP contribution in [0.5, 0.6) is 0 Å². The number of methoxy groups -OCH3 is 1. The zero-order chi connectivity index (χ0) is 10.9. The highest BCUT2D eigenvalue weighted by atomic mass is 16.5. The molecule has 0 aromatic carbocycles. The summed E-state index contributed by atoms with van der Waals surface area (Å²) in [5.74, 6) is 2.67. The fourth-order valence-electron chi connectivity index (χ4n) is 2.20. The number of hydrogen-bond acceptors (Lipinski definition) is 2. The monoisotopic (exact) mass is 209 g/mol. The van der Waals surface area contributed by atoms with Gasteiger partial charge < -0.3 is 10.1 Å². The summed E-state index contributed by atoms with van der Waals surface area (Å²) in [6, 6.07) is 0.662. The molecular weight excluding hydrogens is 186 g/mol. The van der Waals surface area contributed by atoms with Gasteiger partial charge in [-0.15, -0.1) is 12.3 Å². The first-order valence-electron chi connectivity index (χ1n) is 6.06. The van der Waals surface area contributed by atoms with E-state index in [9.17, 15) is 0 Å². The summed E-state index contributed by atoms with van der Waals surface area (Å²) in [6.07, 6.45) is 13.9. The minimum atomic E-state index is 0.474. The minimum Gasteiger partial charge on any atom is -0.381 e. The summed E-state index contributed by atoms with van der Waals surface area (Å²) in [5.41, 5.74) is 0. The van der Waals surface area contributed by atoms with Crippen LogP contribution in [0, 0.1) is 12.3 Å². The van der Waals surface area contributed by atoms with E-state index in [1.54, 1.807) is 0 Å². The summed E-state index contributed by atoms with van der Waals surface area (Å²) >= 11 is 0. The van der Waals surface area contributed by atoms with Crippen molar-refractivity contribution >= 4 is 0 Å². The molecule has 0 aromatic heterocycles. The fourth-order valence-corrected chi connectivity index (χ4v) is 2.20. The molecule has 2 heteroatoms. The Morgan fingerprint density at radius 1 is 1.40 bits per heavy atom. The van der Waals surface area contributed by atoms with Crippen LogP contribution in [0.1, 0.15) is 44.9 Å². The first-order chi connectivity index (χ1) is 7.36. The summed E-state index contributed by atoms with van der Waals surface area (Å²) in [6.45, 7) is 1.10. The zero-order valence-electron chi connectivity index (χ0n) is 9.80. The lowest BCUT2D eigenvalue weighted by Crippen LogP contribution is -2.37. The molecule has 86 valence electrons. The number of unbranched alkanes of at least 4 members (excludes halogenated alkanes) is 2. The van der Waals surface area contributed by atoms with Crippen LogP contribution >= 0.6 is 0 Å². The second-order valence-corrected chi connectivity index (χ2v) is 4.34. The van der Waals surface area contributed by atoms with Crippen LogP contribution in [0.2, 0.25) is 0 Å². The van der Waals surface area contributed by atoms with Crippen molar-refractivity contribution in [2.24, 2.45) is 0 Å². The second kappa shape index (κ2) is 7.73. The zero-order valence-corrected chi connectivity index (χ0v) is 9.80. The van der Waals surface area contributed by atoms with E-state index in [-0.39, 0.29) is 0 Å². The van der Waals surface area contributed by atoms with E-state index in [4.69, 9.17) is 11.2 Å². The van der Waals surface area contributed by atoms with Gasteiger partial charge in [0.2, 0.25) is 0 Å². The van der Waals surface area contributed by atoms with Gasteiger partial charge >= 0.3 is 0 Å². The van der Waals surface area contributed by atoms with Crippen molar-refractivity contribution in [2.45, 2.75) is 57.1 Å². The van der Waals surface area contributed by atoms with Crippen LogP contribution in [-0.4, -0.2) is 25.8 Å². The van der Waals surface area contributed by atoms with E-state index >= 15 is 0 Å². The smallest absolute Gasteiger partial charge is 0.0586 e.